The summed E-state index contributed by atoms with van der Waals surface area (Å²) < 4.78 is 0. The number of rotatable bonds is 6. The number of aliphatic imine (C=N–C) groups is 1. The van der Waals surface area contributed by atoms with Crippen molar-refractivity contribution >= 4 is 34.4 Å². The maximum atomic E-state index is 6.47. The van der Waals surface area contributed by atoms with Crippen molar-refractivity contribution < 1.29 is 0 Å². The lowest BCUT2D eigenvalue weighted by Crippen LogP contribution is -2.21. The van der Waals surface area contributed by atoms with Gasteiger partial charge in [-0.25, -0.2) is 9.98 Å². The van der Waals surface area contributed by atoms with Crippen LogP contribution in [0.4, 0.5) is 11.4 Å². The number of hydrogen-bond acceptors (Lipinski definition) is 5. The minimum absolute atomic E-state index is 0.455. The zero-order valence-corrected chi connectivity index (χ0v) is 17.8. The average Bonchev–Trinajstić information content (AvgIpc) is 3.45. The highest BCUT2D eigenvalue weighted by atomic mass is 35.5. The Kier molecular flexibility index (Phi) is 4.87. The van der Waals surface area contributed by atoms with Gasteiger partial charge in [0.05, 0.1) is 10.7 Å². The molecule has 30 heavy (non-hydrogen) atoms. The summed E-state index contributed by atoms with van der Waals surface area (Å²) >= 11 is 6.47. The van der Waals surface area contributed by atoms with E-state index in [4.69, 9.17) is 26.7 Å². The van der Waals surface area contributed by atoms with Gasteiger partial charge in [-0.15, -0.1) is 15.0 Å². The summed E-state index contributed by atoms with van der Waals surface area (Å²) in [5.74, 6) is 1.99. The molecule has 0 saturated heterocycles. The van der Waals surface area contributed by atoms with E-state index in [2.05, 4.69) is 36.0 Å². The van der Waals surface area contributed by atoms with Crippen molar-refractivity contribution in [3.8, 4) is 0 Å². The predicted octanol–water partition coefficient (Wildman–Crippen LogP) is 5.04. The molecule has 0 unspecified atom stereocenters. The van der Waals surface area contributed by atoms with Gasteiger partial charge in [-0.2, -0.15) is 0 Å². The van der Waals surface area contributed by atoms with Crippen molar-refractivity contribution in [3.05, 3.63) is 70.8 Å². The zero-order valence-electron chi connectivity index (χ0n) is 17.1. The van der Waals surface area contributed by atoms with Crippen molar-refractivity contribution in [2.75, 3.05) is 18.0 Å². The summed E-state index contributed by atoms with van der Waals surface area (Å²) in [4.78, 5) is 13.6. The van der Waals surface area contributed by atoms with Crippen LogP contribution in [0.3, 0.4) is 0 Å². The summed E-state index contributed by atoms with van der Waals surface area (Å²) in [6.45, 7) is 6.26. The van der Waals surface area contributed by atoms with Crippen LogP contribution in [-0.4, -0.2) is 39.4 Å². The molecule has 1 aliphatic heterocycles. The van der Waals surface area contributed by atoms with Crippen LogP contribution in [-0.2, 0) is 0 Å². The van der Waals surface area contributed by atoms with E-state index in [9.17, 15) is 0 Å². The van der Waals surface area contributed by atoms with Gasteiger partial charge in [-0.05, 0) is 57.0 Å². The van der Waals surface area contributed by atoms with Crippen LogP contribution in [0.5, 0.6) is 0 Å². The van der Waals surface area contributed by atoms with Gasteiger partial charge in [0.1, 0.15) is 11.4 Å². The van der Waals surface area contributed by atoms with Crippen molar-refractivity contribution in [2.45, 2.75) is 32.6 Å². The predicted molar refractivity (Wildman–Crippen MR) is 122 cm³/mol. The van der Waals surface area contributed by atoms with E-state index in [-0.39, 0.29) is 0 Å². The largest absolute Gasteiger partial charge is 0.372 e. The minimum Gasteiger partial charge on any atom is -0.372 e. The topological polar surface area (TPSA) is 58.7 Å². The maximum absolute atomic E-state index is 6.47. The third-order valence-corrected chi connectivity index (χ3v) is 5.86. The Morgan fingerprint density at radius 1 is 1.07 bits per heavy atom. The van der Waals surface area contributed by atoms with Gasteiger partial charge < -0.3 is 4.90 Å². The van der Waals surface area contributed by atoms with Crippen LogP contribution in [0.25, 0.3) is 0 Å². The molecule has 2 aliphatic rings. The van der Waals surface area contributed by atoms with Gasteiger partial charge in [-0.3, -0.25) is 0 Å². The molecule has 3 aromatic rings. The van der Waals surface area contributed by atoms with Crippen LogP contribution < -0.4 is 4.90 Å². The van der Waals surface area contributed by atoms with E-state index < -0.39 is 0 Å². The molecule has 0 bridgehead atoms. The van der Waals surface area contributed by atoms with Crippen LogP contribution >= 0.6 is 11.6 Å². The van der Waals surface area contributed by atoms with Crippen molar-refractivity contribution in [1.29, 1.82) is 0 Å². The molecule has 1 aliphatic carbocycles. The number of benzene rings is 2. The molecule has 1 aromatic heterocycles. The molecule has 5 rings (SSSR count). The third-order valence-electron chi connectivity index (χ3n) is 5.53. The smallest absolute Gasteiger partial charge is 0.204 e. The number of fused-ring (bicyclic) bond motifs is 1. The molecule has 2 aromatic carbocycles. The van der Waals surface area contributed by atoms with Gasteiger partial charge in [0.15, 0.2) is 5.82 Å². The second-order valence-electron chi connectivity index (χ2n) is 7.53. The first kappa shape index (κ1) is 19.0. The third kappa shape index (κ3) is 3.41. The molecule has 0 spiro atoms. The fourth-order valence-electron chi connectivity index (χ4n) is 3.69. The lowest BCUT2D eigenvalue weighted by atomic mass is 10.1. The van der Waals surface area contributed by atoms with Crippen molar-refractivity contribution in [1.82, 2.24) is 14.9 Å². The second kappa shape index (κ2) is 7.69. The molecule has 0 amide bonds. The first-order chi connectivity index (χ1) is 14.7. The van der Waals surface area contributed by atoms with Gasteiger partial charge in [0.2, 0.25) is 5.82 Å². The Bertz CT molecular complexity index is 1140. The number of aromatic nitrogens is 3. The molecule has 152 valence electrons. The number of anilines is 1. The Balaban J connectivity index is 1.57. The van der Waals surface area contributed by atoms with Gasteiger partial charge >= 0.3 is 0 Å². The molecule has 6 nitrogen and oxygen atoms in total. The molecule has 0 atom stereocenters. The fourth-order valence-corrected chi connectivity index (χ4v) is 3.92. The van der Waals surface area contributed by atoms with E-state index in [1.54, 1.807) is 4.79 Å². The molecule has 1 saturated carbocycles. The number of hydrogen-bond donors (Lipinski definition) is 0. The highest BCUT2D eigenvalue weighted by molar-refractivity contribution is 6.56. The summed E-state index contributed by atoms with van der Waals surface area (Å²) in [5, 5.41) is 9.93. The SMILES string of the molecule is CCN(CC)c1ccc(/N=C2/C(c3ccccc3Cl)=Nn3nc(C4CC4)nc32)cc1. The number of halogens is 1. The quantitative estimate of drug-likeness (QED) is 0.563. The molecular weight excluding hydrogens is 396 g/mol. The van der Waals surface area contributed by atoms with E-state index in [1.165, 1.54) is 5.69 Å². The molecule has 0 radical (unpaired) electrons. The Hall–Kier alpha value is -2.99. The first-order valence-electron chi connectivity index (χ1n) is 10.4. The Morgan fingerprint density at radius 2 is 1.80 bits per heavy atom. The van der Waals surface area contributed by atoms with Crippen molar-refractivity contribution in [2.24, 2.45) is 10.1 Å². The van der Waals surface area contributed by atoms with Gasteiger partial charge in [-0.1, -0.05) is 29.8 Å². The lowest BCUT2D eigenvalue weighted by molar-refractivity contribution is 0.726. The highest BCUT2D eigenvalue weighted by Crippen LogP contribution is 2.38. The molecule has 2 heterocycles. The van der Waals surface area contributed by atoms with Crippen LogP contribution in [0, 0.1) is 0 Å². The van der Waals surface area contributed by atoms with Crippen LogP contribution in [0.1, 0.15) is 49.8 Å². The zero-order chi connectivity index (χ0) is 20.7. The summed E-state index contributed by atoms with van der Waals surface area (Å²) in [6.07, 6.45) is 2.29. The van der Waals surface area contributed by atoms with E-state index in [0.717, 1.165) is 43.0 Å². The monoisotopic (exact) mass is 418 g/mol. The van der Waals surface area contributed by atoms with Crippen molar-refractivity contribution in [3.63, 3.8) is 0 Å². The average molecular weight is 419 g/mol. The Labute approximate surface area is 180 Å². The van der Waals surface area contributed by atoms with E-state index in [1.807, 2.05) is 36.4 Å². The first-order valence-corrected chi connectivity index (χ1v) is 10.8. The molecule has 1 fully saturated rings. The summed E-state index contributed by atoms with van der Waals surface area (Å²) in [7, 11) is 0. The normalized spacial score (nSPS) is 16.6. The van der Waals surface area contributed by atoms with Gasteiger partial charge in [0.25, 0.3) is 0 Å². The maximum Gasteiger partial charge on any atom is 0.204 e. The van der Waals surface area contributed by atoms with Crippen LogP contribution in [0.2, 0.25) is 5.02 Å². The fraction of sp³-hybridized carbons (Fsp3) is 0.304. The van der Waals surface area contributed by atoms with Crippen LogP contribution in [0.15, 0.2) is 58.6 Å². The molecule has 0 N–H and O–H groups in total. The lowest BCUT2D eigenvalue weighted by Gasteiger charge is -2.20. The van der Waals surface area contributed by atoms with E-state index >= 15 is 0 Å². The summed E-state index contributed by atoms with van der Waals surface area (Å²) in [6, 6.07) is 15.9. The van der Waals surface area contributed by atoms with E-state index in [0.29, 0.717) is 28.2 Å². The molecular formula is C23H23ClN6. The number of nitrogens with zero attached hydrogens (tertiary/aromatic N) is 6. The summed E-state index contributed by atoms with van der Waals surface area (Å²) in [5.41, 5.74) is 4.28. The second-order valence-corrected chi connectivity index (χ2v) is 7.94. The minimum atomic E-state index is 0.455. The molecule has 7 heteroatoms. The Morgan fingerprint density at radius 3 is 2.47 bits per heavy atom. The highest BCUT2D eigenvalue weighted by Gasteiger charge is 2.34. The van der Waals surface area contributed by atoms with Gasteiger partial charge in [0, 0.05) is 30.3 Å². The standard InChI is InChI=1S/C23H23ClN6/c1-3-29(4-2)17-13-11-16(12-14-17)25-21-20(18-7-5-6-8-19(18)24)27-30-23(21)26-22(28-30)15-9-10-15/h5-8,11-15H,3-4,9-10H2,1-2H3/b25-21-.